The van der Waals surface area contributed by atoms with Gasteiger partial charge in [0.05, 0.1) is 6.61 Å². The Morgan fingerprint density at radius 1 is 1.22 bits per heavy atom. The molecule has 4 fully saturated rings. The molecular weight excluding hydrogens is 288 g/mol. The van der Waals surface area contributed by atoms with Gasteiger partial charge in [-0.05, 0) is 55.3 Å². The van der Waals surface area contributed by atoms with Crippen molar-refractivity contribution in [3.8, 4) is 0 Å². The molecule has 4 nitrogen and oxygen atoms in total. The minimum atomic E-state index is 0.189. The molecule has 23 heavy (non-hydrogen) atoms. The van der Waals surface area contributed by atoms with Gasteiger partial charge in [0, 0.05) is 31.2 Å². The van der Waals surface area contributed by atoms with Crippen molar-refractivity contribution in [2.75, 3.05) is 19.8 Å². The smallest absolute Gasteiger partial charge is 0.317 e. The largest absolute Gasteiger partial charge is 0.381 e. The Morgan fingerprint density at radius 2 is 2.00 bits per heavy atom. The van der Waals surface area contributed by atoms with Gasteiger partial charge >= 0.3 is 6.03 Å². The van der Waals surface area contributed by atoms with Crippen LogP contribution < -0.4 is 5.32 Å². The summed E-state index contributed by atoms with van der Waals surface area (Å²) >= 11 is 0. The molecule has 0 aromatic carbocycles. The molecule has 4 heteroatoms. The van der Waals surface area contributed by atoms with E-state index in [-0.39, 0.29) is 11.4 Å². The molecule has 1 saturated heterocycles. The summed E-state index contributed by atoms with van der Waals surface area (Å²) in [5.74, 6) is 1.31. The summed E-state index contributed by atoms with van der Waals surface area (Å²) in [6.45, 7) is 9.79. The maximum absolute atomic E-state index is 13.0. The van der Waals surface area contributed by atoms with Crippen molar-refractivity contribution in [2.24, 2.45) is 22.7 Å². The third-order valence-corrected chi connectivity index (χ3v) is 7.82. The summed E-state index contributed by atoms with van der Waals surface area (Å²) in [5.41, 5.74) is 0.619. The number of fused-ring (bicyclic) bond motifs is 2. The number of carbonyl (C=O) groups excluding carboxylic acids is 1. The first-order chi connectivity index (χ1) is 10.9. The second-order valence-corrected chi connectivity index (χ2v) is 9.23. The quantitative estimate of drug-likeness (QED) is 0.862. The van der Waals surface area contributed by atoms with Crippen LogP contribution in [0.5, 0.6) is 0 Å². The lowest BCUT2D eigenvalue weighted by Crippen LogP contribution is -2.52. The fourth-order valence-electron chi connectivity index (χ4n) is 5.44. The van der Waals surface area contributed by atoms with E-state index in [9.17, 15) is 4.79 Å². The van der Waals surface area contributed by atoms with Gasteiger partial charge in [-0.2, -0.15) is 0 Å². The van der Waals surface area contributed by atoms with E-state index in [0.717, 1.165) is 32.1 Å². The molecule has 1 heterocycles. The Hall–Kier alpha value is -0.770. The van der Waals surface area contributed by atoms with Gasteiger partial charge in [0.15, 0.2) is 0 Å². The van der Waals surface area contributed by atoms with Crippen molar-refractivity contribution in [1.82, 2.24) is 10.2 Å². The van der Waals surface area contributed by atoms with Crippen molar-refractivity contribution < 1.29 is 9.53 Å². The highest BCUT2D eigenvalue weighted by Crippen LogP contribution is 2.65. The van der Waals surface area contributed by atoms with Gasteiger partial charge in [-0.1, -0.05) is 20.8 Å². The molecule has 0 unspecified atom stereocenters. The van der Waals surface area contributed by atoms with Crippen LogP contribution in [0, 0.1) is 22.7 Å². The van der Waals surface area contributed by atoms with Crippen molar-refractivity contribution >= 4 is 6.03 Å². The Kier molecular flexibility index (Phi) is 3.67. The summed E-state index contributed by atoms with van der Waals surface area (Å²) in [6.07, 6.45) is 7.22. The van der Waals surface area contributed by atoms with Gasteiger partial charge in [-0.15, -0.1) is 0 Å². The Balaban J connectivity index is 1.42. The zero-order valence-electron chi connectivity index (χ0n) is 14.9. The molecule has 2 amide bonds. The van der Waals surface area contributed by atoms with Crippen LogP contribution >= 0.6 is 0 Å². The van der Waals surface area contributed by atoms with Crippen LogP contribution in [0.2, 0.25) is 0 Å². The average Bonchev–Trinajstić information content (AvgIpc) is 3.12. The van der Waals surface area contributed by atoms with E-state index in [1.165, 1.54) is 32.1 Å². The Labute approximate surface area is 140 Å². The molecule has 2 bridgehead atoms. The summed E-state index contributed by atoms with van der Waals surface area (Å²) in [7, 11) is 0. The van der Waals surface area contributed by atoms with Crippen molar-refractivity contribution in [3.05, 3.63) is 0 Å². The van der Waals surface area contributed by atoms with Gasteiger partial charge in [0.25, 0.3) is 0 Å². The van der Waals surface area contributed by atoms with Gasteiger partial charge in [0.1, 0.15) is 0 Å². The number of hydrogen-bond acceptors (Lipinski definition) is 2. The number of hydrogen-bond donors (Lipinski definition) is 1. The first-order valence-corrected chi connectivity index (χ1v) is 9.57. The fourth-order valence-corrected chi connectivity index (χ4v) is 5.44. The van der Waals surface area contributed by atoms with E-state index in [0.29, 0.717) is 23.4 Å². The van der Waals surface area contributed by atoms with Crippen LogP contribution in [-0.2, 0) is 4.74 Å². The van der Waals surface area contributed by atoms with E-state index in [1.807, 2.05) is 0 Å². The third-order valence-electron chi connectivity index (χ3n) is 7.82. The number of ether oxygens (including phenoxy) is 1. The minimum absolute atomic E-state index is 0.189. The highest BCUT2D eigenvalue weighted by atomic mass is 16.5. The standard InChI is InChI=1S/C19H32N2O2/c1-18(2)14-6-8-19(18,3)16(10-14)20-17(22)21(15-4-5-15)11-13-7-9-23-12-13/h13-16H,4-12H2,1-3H3,(H,20,22)/t13-,14-,16+,19-/m0/s1. The second-order valence-electron chi connectivity index (χ2n) is 9.23. The molecule has 1 N–H and O–H groups in total. The molecule has 0 spiro atoms. The Morgan fingerprint density at radius 3 is 2.52 bits per heavy atom. The highest BCUT2D eigenvalue weighted by Gasteiger charge is 2.61. The average molecular weight is 320 g/mol. The lowest BCUT2D eigenvalue weighted by Gasteiger charge is -2.40. The van der Waals surface area contributed by atoms with Crippen molar-refractivity contribution in [3.63, 3.8) is 0 Å². The van der Waals surface area contributed by atoms with Crippen LogP contribution in [0.1, 0.15) is 59.3 Å². The van der Waals surface area contributed by atoms with E-state index in [2.05, 4.69) is 31.0 Å². The number of urea groups is 1. The van der Waals surface area contributed by atoms with Gasteiger partial charge in [-0.25, -0.2) is 4.79 Å². The number of carbonyl (C=O) groups is 1. The summed E-state index contributed by atoms with van der Waals surface area (Å²) < 4.78 is 5.50. The normalized spacial score (nSPS) is 41.3. The first kappa shape index (κ1) is 15.7. The number of rotatable bonds is 4. The molecule has 4 atom stereocenters. The monoisotopic (exact) mass is 320 g/mol. The summed E-state index contributed by atoms with van der Waals surface area (Å²) in [4.78, 5) is 15.1. The molecule has 4 aliphatic rings. The number of amides is 2. The molecule has 3 aliphatic carbocycles. The van der Waals surface area contributed by atoms with Gasteiger partial charge in [-0.3, -0.25) is 0 Å². The molecule has 0 aromatic heterocycles. The van der Waals surface area contributed by atoms with Gasteiger partial charge < -0.3 is 15.0 Å². The molecule has 0 aromatic rings. The molecule has 4 rings (SSSR count). The zero-order valence-corrected chi connectivity index (χ0v) is 14.9. The molecule has 3 saturated carbocycles. The van der Waals surface area contributed by atoms with Crippen LogP contribution in [0.15, 0.2) is 0 Å². The predicted octanol–water partition coefficient (Wildman–Crippen LogP) is 3.41. The van der Waals surface area contributed by atoms with Crippen LogP contribution in [-0.4, -0.2) is 42.8 Å². The highest BCUT2D eigenvalue weighted by molar-refractivity contribution is 5.75. The lowest BCUT2D eigenvalue weighted by atomic mass is 9.69. The van der Waals surface area contributed by atoms with Crippen LogP contribution in [0.4, 0.5) is 4.79 Å². The van der Waals surface area contributed by atoms with Crippen LogP contribution in [0.3, 0.4) is 0 Å². The first-order valence-electron chi connectivity index (χ1n) is 9.57. The summed E-state index contributed by atoms with van der Waals surface area (Å²) in [5, 5.41) is 3.45. The van der Waals surface area contributed by atoms with Crippen molar-refractivity contribution in [1.29, 1.82) is 0 Å². The molecule has 0 radical (unpaired) electrons. The maximum atomic E-state index is 13.0. The lowest BCUT2D eigenvalue weighted by molar-refractivity contribution is 0.114. The molecule has 130 valence electrons. The summed E-state index contributed by atoms with van der Waals surface area (Å²) in [6, 6.07) is 1.02. The SMILES string of the molecule is CC1(C)[C@H]2CC[C@@]1(C)[C@H](NC(=O)N(C[C@@H]1CCOC1)C1CC1)C2. The van der Waals surface area contributed by atoms with E-state index in [4.69, 9.17) is 4.74 Å². The maximum Gasteiger partial charge on any atom is 0.317 e. The minimum Gasteiger partial charge on any atom is -0.381 e. The van der Waals surface area contributed by atoms with E-state index < -0.39 is 0 Å². The number of nitrogens with one attached hydrogen (secondary N) is 1. The second kappa shape index (κ2) is 5.37. The van der Waals surface area contributed by atoms with E-state index in [1.54, 1.807) is 0 Å². The van der Waals surface area contributed by atoms with Crippen molar-refractivity contribution in [2.45, 2.75) is 71.4 Å². The molecular formula is C19H32N2O2. The number of nitrogens with zero attached hydrogens (tertiary/aromatic N) is 1. The van der Waals surface area contributed by atoms with Crippen LogP contribution in [0.25, 0.3) is 0 Å². The van der Waals surface area contributed by atoms with Gasteiger partial charge in [0.2, 0.25) is 0 Å². The van der Waals surface area contributed by atoms with E-state index >= 15 is 0 Å². The Bertz CT molecular complexity index is 482. The topological polar surface area (TPSA) is 41.6 Å². The molecule has 1 aliphatic heterocycles. The predicted molar refractivity (Wildman–Crippen MR) is 90.2 cm³/mol. The third kappa shape index (κ3) is 2.48. The zero-order chi connectivity index (χ0) is 16.2. The fraction of sp³-hybridized carbons (Fsp3) is 0.947.